The Labute approximate surface area is 109 Å². The molecule has 0 saturated heterocycles. The van der Waals surface area contributed by atoms with Gasteiger partial charge < -0.3 is 10.4 Å². The van der Waals surface area contributed by atoms with Crippen LogP contribution in [0.4, 0.5) is 4.39 Å². The lowest BCUT2D eigenvalue weighted by Gasteiger charge is -2.06. The number of nitrogens with one attached hydrogen (secondary N) is 1. The van der Waals surface area contributed by atoms with Crippen LogP contribution in [0.25, 0.3) is 0 Å². The van der Waals surface area contributed by atoms with Crippen molar-refractivity contribution in [1.82, 2.24) is 10.3 Å². The minimum Gasteiger partial charge on any atom is -0.505 e. The summed E-state index contributed by atoms with van der Waals surface area (Å²) >= 11 is 1.65. The Kier molecular flexibility index (Phi) is 3.93. The van der Waals surface area contributed by atoms with E-state index in [0.29, 0.717) is 18.7 Å². The largest absolute Gasteiger partial charge is 0.505 e. The van der Waals surface area contributed by atoms with Gasteiger partial charge in [0.2, 0.25) is 0 Å². The Hall–Kier alpha value is -1.46. The first-order chi connectivity index (χ1) is 8.58. The van der Waals surface area contributed by atoms with Gasteiger partial charge in [-0.2, -0.15) is 0 Å². The van der Waals surface area contributed by atoms with Crippen molar-refractivity contribution in [2.75, 3.05) is 0 Å². The molecule has 5 heteroatoms. The van der Waals surface area contributed by atoms with E-state index in [9.17, 15) is 9.50 Å². The van der Waals surface area contributed by atoms with Crippen molar-refractivity contribution >= 4 is 11.3 Å². The second-order valence-electron chi connectivity index (χ2n) is 4.09. The van der Waals surface area contributed by atoms with Crippen LogP contribution in [-0.2, 0) is 13.1 Å². The molecule has 1 aromatic heterocycles. The summed E-state index contributed by atoms with van der Waals surface area (Å²) in [5.74, 6) is -0.860. The van der Waals surface area contributed by atoms with Crippen LogP contribution in [0.15, 0.2) is 18.2 Å². The highest BCUT2D eigenvalue weighted by Gasteiger charge is 2.07. The highest BCUT2D eigenvalue weighted by Crippen LogP contribution is 2.21. The Bertz CT molecular complexity index is 554. The average molecular weight is 266 g/mol. The molecule has 0 amide bonds. The number of hydrogen-bond donors (Lipinski definition) is 2. The van der Waals surface area contributed by atoms with Crippen LogP contribution in [0, 0.1) is 19.7 Å². The van der Waals surface area contributed by atoms with Crippen LogP contribution in [-0.4, -0.2) is 10.1 Å². The molecule has 0 aliphatic rings. The fraction of sp³-hybridized carbons (Fsp3) is 0.308. The first-order valence-corrected chi connectivity index (χ1v) is 6.49. The summed E-state index contributed by atoms with van der Waals surface area (Å²) in [6.45, 7) is 5.05. The van der Waals surface area contributed by atoms with Crippen LogP contribution in [0.2, 0.25) is 0 Å². The number of aromatic hydroxyl groups is 1. The molecule has 3 nitrogen and oxygen atoms in total. The third-order valence-electron chi connectivity index (χ3n) is 2.67. The highest BCUT2D eigenvalue weighted by atomic mass is 32.1. The van der Waals surface area contributed by atoms with E-state index in [2.05, 4.69) is 10.3 Å². The van der Waals surface area contributed by atoms with Crippen LogP contribution in [0.3, 0.4) is 0 Å². The first kappa shape index (κ1) is 13.0. The van der Waals surface area contributed by atoms with E-state index in [1.165, 1.54) is 10.9 Å². The molecule has 0 aliphatic carbocycles. The third kappa shape index (κ3) is 2.86. The molecule has 0 unspecified atom stereocenters. The molecular formula is C13H15FN2OS. The summed E-state index contributed by atoms with van der Waals surface area (Å²) in [5.41, 5.74) is 1.59. The number of aromatic nitrogens is 1. The van der Waals surface area contributed by atoms with Gasteiger partial charge in [0.1, 0.15) is 0 Å². The molecule has 0 bridgehead atoms. The average Bonchev–Trinajstić information content (AvgIpc) is 2.63. The van der Waals surface area contributed by atoms with Gasteiger partial charge in [-0.3, -0.25) is 0 Å². The summed E-state index contributed by atoms with van der Waals surface area (Å²) in [5, 5.41) is 13.8. The zero-order chi connectivity index (χ0) is 13.1. The van der Waals surface area contributed by atoms with Gasteiger partial charge in [0, 0.05) is 23.5 Å². The van der Waals surface area contributed by atoms with Crippen LogP contribution in [0.1, 0.15) is 21.1 Å². The van der Waals surface area contributed by atoms with Crippen LogP contribution < -0.4 is 5.32 Å². The van der Waals surface area contributed by atoms with Crippen molar-refractivity contribution in [2.45, 2.75) is 26.9 Å². The topological polar surface area (TPSA) is 45.2 Å². The van der Waals surface area contributed by atoms with Gasteiger partial charge in [0.15, 0.2) is 11.6 Å². The second-order valence-corrected chi connectivity index (χ2v) is 5.38. The van der Waals surface area contributed by atoms with Crippen molar-refractivity contribution in [3.05, 3.63) is 45.2 Å². The van der Waals surface area contributed by atoms with E-state index in [4.69, 9.17) is 0 Å². The number of aryl methyl sites for hydroxylation is 2. The maximum atomic E-state index is 13.1. The number of rotatable bonds is 4. The minimum atomic E-state index is -0.584. The molecule has 0 spiro atoms. The molecule has 0 fully saturated rings. The Morgan fingerprint density at radius 3 is 2.78 bits per heavy atom. The summed E-state index contributed by atoms with van der Waals surface area (Å²) in [6.07, 6.45) is 0. The molecule has 0 atom stereocenters. The normalized spacial score (nSPS) is 10.8. The molecule has 2 N–H and O–H groups in total. The van der Waals surface area contributed by atoms with Gasteiger partial charge in [-0.15, -0.1) is 11.3 Å². The lowest BCUT2D eigenvalue weighted by molar-refractivity contribution is 0.423. The molecule has 96 valence electrons. The summed E-state index contributed by atoms with van der Waals surface area (Å²) < 4.78 is 13.1. The Morgan fingerprint density at radius 2 is 2.11 bits per heavy atom. The molecule has 0 saturated carbocycles. The molecular weight excluding hydrogens is 251 g/mol. The van der Waals surface area contributed by atoms with Gasteiger partial charge in [-0.05, 0) is 19.9 Å². The number of para-hydroxylation sites is 1. The summed E-state index contributed by atoms with van der Waals surface area (Å²) in [7, 11) is 0. The fourth-order valence-corrected chi connectivity index (χ4v) is 2.66. The van der Waals surface area contributed by atoms with Gasteiger partial charge in [0.25, 0.3) is 0 Å². The van der Waals surface area contributed by atoms with E-state index in [1.807, 2.05) is 13.8 Å². The molecule has 0 radical (unpaired) electrons. The lowest BCUT2D eigenvalue weighted by atomic mass is 10.2. The van der Waals surface area contributed by atoms with Gasteiger partial charge in [0.05, 0.1) is 10.7 Å². The zero-order valence-corrected chi connectivity index (χ0v) is 11.1. The lowest BCUT2D eigenvalue weighted by Crippen LogP contribution is -2.12. The first-order valence-electron chi connectivity index (χ1n) is 5.68. The predicted octanol–water partition coefficient (Wildman–Crippen LogP) is 2.89. The molecule has 0 aliphatic heterocycles. The highest BCUT2D eigenvalue weighted by molar-refractivity contribution is 7.11. The molecule has 1 aromatic carbocycles. The van der Waals surface area contributed by atoms with E-state index in [0.717, 1.165) is 10.7 Å². The smallest absolute Gasteiger partial charge is 0.165 e. The fourth-order valence-electron chi connectivity index (χ4n) is 1.75. The number of nitrogens with zero attached hydrogens (tertiary/aromatic N) is 1. The quantitative estimate of drug-likeness (QED) is 0.894. The summed E-state index contributed by atoms with van der Waals surface area (Å²) in [6, 6.07) is 4.54. The van der Waals surface area contributed by atoms with E-state index in [1.54, 1.807) is 23.5 Å². The maximum Gasteiger partial charge on any atom is 0.165 e. The molecule has 18 heavy (non-hydrogen) atoms. The van der Waals surface area contributed by atoms with Gasteiger partial charge >= 0.3 is 0 Å². The third-order valence-corrected chi connectivity index (χ3v) is 3.74. The van der Waals surface area contributed by atoms with Gasteiger partial charge in [-0.25, -0.2) is 9.37 Å². The van der Waals surface area contributed by atoms with Crippen LogP contribution in [0.5, 0.6) is 5.75 Å². The van der Waals surface area contributed by atoms with Crippen LogP contribution >= 0.6 is 11.3 Å². The van der Waals surface area contributed by atoms with Crippen molar-refractivity contribution in [3.63, 3.8) is 0 Å². The zero-order valence-electron chi connectivity index (χ0n) is 10.3. The van der Waals surface area contributed by atoms with E-state index < -0.39 is 5.82 Å². The monoisotopic (exact) mass is 266 g/mol. The van der Waals surface area contributed by atoms with E-state index in [-0.39, 0.29) is 5.75 Å². The van der Waals surface area contributed by atoms with Crippen molar-refractivity contribution < 1.29 is 9.50 Å². The van der Waals surface area contributed by atoms with Gasteiger partial charge in [-0.1, -0.05) is 12.1 Å². The maximum absolute atomic E-state index is 13.1. The second kappa shape index (κ2) is 5.46. The summed E-state index contributed by atoms with van der Waals surface area (Å²) in [4.78, 5) is 5.51. The number of hydrogen-bond acceptors (Lipinski definition) is 4. The number of benzene rings is 1. The number of phenols is 1. The Balaban J connectivity index is 1.96. The standard InChI is InChI=1S/C13H15FN2OS/c1-8-12(18-9(2)16-8)7-15-6-10-4-3-5-11(14)13(10)17/h3-5,15,17H,6-7H2,1-2H3. The van der Waals surface area contributed by atoms with Crippen molar-refractivity contribution in [2.24, 2.45) is 0 Å². The van der Waals surface area contributed by atoms with E-state index >= 15 is 0 Å². The Morgan fingerprint density at radius 1 is 1.33 bits per heavy atom. The van der Waals surface area contributed by atoms with Crippen molar-refractivity contribution in [1.29, 1.82) is 0 Å². The number of phenolic OH excluding ortho intramolecular Hbond substituents is 1. The molecule has 1 heterocycles. The predicted molar refractivity (Wildman–Crippen MR) is 70.2 cm³/mol. The minimum absolute atomic E-state index is 0.276. The SMILES string of the molecule is Cc1nc(C)c(CNCc2cccc(F)c2O)s1. The molecule has 2 aromatic rings. The van der Waals surface area contributed by atoms with Crippen molar-refractivity contribution in [3.8, 4) is 5.75 Å². The number of thiazole rings is 1. The molecule has 2 rings (SSSR count). The number of halogens is 1.